The first kappa shape index (κ1) is 61.5. The number of likely N-dealkylation sites (tertiary alicyclic amines) is 1. The molecular formula is C48H73N11O14S. The monoisotopic (exact) mass is 1060 g/mol. The number of carbonyl (C=O) groups excluding carboxylic acids is 11. The number of carboxylic acids is 1. The number of primary amides is 1. The van der Waals surface area contributed by atoms with E-state index in [-0.39, 0.29) is 56.9 Å². The molecule has 1 aromatic rings. The molecule has 2 aliphatic rings. The Morgan fingerprint density at radius 3 is 1.97 bits per heavy atom. The fraction of sp³-hybridized carbons (Fsp3) is 0.625. The van der Waals surface area contributed by atoms with Crippen molar-refractivity contribution < 1.29 is 67.7 Å². The summed E-state index contributed by atoms with van der Waals surface area (Å²) < 4.78 is 0. The number of nitrogens with one attached hydrogen (secondary N) is 9. The van der Waals surface area contributed by atoms with E-state index in [0.29, 0.717) is 24.2 Å². The van der Waals surface area contributed by atoms with Crippen molar-refractivity contribution in [3.63, 3.8) is 0 Å². The number of carbonyl (C=O) groups is 12. The second-order valence-corrected chi connectivity index (χ2v) is 19.8. The molecule has 25 nitrogen and oxygen atoms in total. The highest BCUT2D eigenvalue weighted by Crippen LogP contribution is 2.21. The molecule has 2 fully saturated rings. The summed E-state index contributed by atoms with van der Waals surface area (Å²) in [7, 11) is 0. The summed E-state index contributed by atoms with van der Waals surface area (Å²) >= 11 is 1.46. The highest BCUT2D eigenvalue weighted by molar-refractivity contribution is 7.98. The van der Waals surface area contributed by atoms with Gasteiger partial charge in [-0.15, -0.1) is 0 Å². The topological polar surface area (TPSA) is 383 Å². The molecule has 0 saturated carbocycles. The van der Waals surface area contributed by atoms with Crippen LogP contribution in [0.3, 0.4) is 0 Å². The van der Waals surface area contributed by atoms with E-state index in [9.17, 15) is 67.7 Å². The summed E-state index contributed by atoms with van der Waals surface area (Å²) in [5.74, 6) is -10.1. The van der Waals surface area contributed by atoms with E-state index >= 15 is 0 Å². The largest absolute Gasteiger partial charge is 0.481 e. The SMILES string of the molecule is CC[C@H](C)[C@H](NC(=O)[C@H](Cc1ccccc1)NC(=O)[C@H](C)NC(=O)[C@H](CC(=O)O)NC(=O)[C@H](CO)NC(=O)[C@@H]1CCCN1C(=O)[C@@H]1CCC(=O)N1)C(=O)NCC(=O)N[C@@H](CC(C)C)C(=O)N[C@@H](CCSC)C(N)=O. The van der Waals surface area contributed by atoms with Gasteiger partial charge in [-0.05, 0) is 68.4 Å². The van der Waals surface area contributed by atoms with Crippen LogP contribution in [0.2, 0.25) is 0 Å². The zero-order valence-electron chi connectivity index (χ0n) is 42.7. The first-order chi connectivity index (χ1) is 35.0. The number of nitrogens with zero attached hydrogens (tertiary/aromatic N) is 1. The van der Waals surface area contributed by atoms with Crippen LogP contribution in [0.5, 0.6) is 0 Å². The molecular weight excluding hydrogens is 987 g/mol. The maximum Gasteiger partial charge on any atom is 0.305 e. The molecule has 0 aliphatic carbocycles. The number of hydrogen-bond acceptors (Lipinski definition) is 14. The van der Waals surface area contributed by atoms with Gasteiger partial charge in [-0.2, -0.15) is 11.8 Å². The summed E-state index contributed by atoms with van der Waals surface area (Å²) in [5.41, 5.74) is 6.08. The summed E-state index contributed by atoms with van der Waals surface area (Å²) in [6, 6.07) is -3.06. The van der Waals surface area contributed by atoms with Gasteiger partial charge >= 0.3 is 5.97 Å². The predicted molar refractivity (Wildman–Crippen MR) is 269 cm³/mol. The van der Waals surface area contributed by atoms with E-state index in [1.807, 2.05) is 20.1 Å². The van der Waals surface area contributed by atoms with Gasteiger partial charge in [-0.1, -0.05) is 64.4 Å². The fourth-order valence-corrected chi connectivity index (χ4v) is 8.60. The van der Waals surface area contributed by atoms with E-state index < -0.39 is 145 Å². The van der Waals surface area contributed by atoms with E-state index in [1.165, 1.54) is 23.6 Å². The number of benzene rings is 1. The second kappa shape index (κ2) is 30.4. The quantitative estimate of drug-likeness (QED) is 0.0362. The van der Waals surface area contributed by atoms with Crippen LogP contribution in [0.1, 0.15) is 91.5 Å². The molecule has 410 valence electrons. The molecule has 10 atom stereocenters. The van der Waals surface area contributed by atoms with Gasteiger partial charge in [0.15, 0.2) is 0 Å². The zero-order valence-corrected chi connectivity index (χ0v) is 43.5. The third kappa shape index (κ3) is 19.5. The molecule has 0 bridgehead atoms. The molecule has 0 spiro atoms. The lowest BCUT2D eigenvalue weighted by molar-refractivity contribution is -0.142. The van der Waals surface area contributed by atoms with Crippen molar-refractivity contribution in [3.05, 3.63) is 35.9 Å². The number of thioether (sulfide) groups is 1. The summed E-state index contributed by atoms with van der Waals surface area (Å²) in [5, 5.41) is 42.1. The van der Waals surface area contributed by atoms with Crippen LogP contribution in [-0.4, -0.2) is 172 Å². The van der Waals surface area contributed by atoms with E-state index in [4.69, 9.17) is 5.73 Å². The molecule has 1 aromatic carbocycles. The number of hydrogen-bond donors (Lipinski definition) is 12. The van der Waals surface area contributed by atoms with Crippen molar-refractivity contribution in [1.29, 1.82) is 0 Å². The number of nitrogens with two attached hydrogens (primary N) is 1. The van der Waals surface area contributed by atoms with Crippen LogP contribution in [0.4, 0.5) is 0 Å². The lowest BCUT2D eigenvalue weighted by Crippen LogP contribution is -2.60. The fourth-order valence-electron chi connectivity index (χ4n) is 8.13. The minimum absolute atomic E-state index is 0.0623. The molecule has 2 aliphatic heterocycles. The lowest BCUT2D eigenvalue weighted by atomic mass is 9.97. The normalized spacial score (nSPS) is 18.4. The lowest BCUT2D eigenvalue weighted by Gasteiger charge is -2.28. The van der Waals surface area contributed by atoms with Gasteiger partial charge in [-0.25, -0.2) is 0 Å². The molecule has 13 N–H and O–H groups in total. The van der Waals surface area contributed by atoms with Crippen molar-refractivity contribution in [2.75, 3.05) is 31.7 Å². The van der Waals surface area contributed by atoms with E-state index in [1.54, 1.807) is 44.2 Å². The van der Waals surface area contributed by atoms with Crippen LogP contribution in [0, 0.1) is 11.8 Å². The molecule has 0 radical (unpaired) electrons. The van der Waals surface area contributed by atoms with E-state index in [2.05, 4.69) is 47.9 Å². The zero-order chi connectivity index (χ0) is 55.2. The van der Waals surface area contributed by atoms with Crippen LogP contribution >= 0.6 is 11.8 Å². The number of aliphatic hydroxyl groups is 1. The van der Waals surface area contributed by atoms with Crippen LogP contribution in [0.25, 0.3) is 0 Å². The van der Waals surface area contributed by atoms with Crippen LogP contribution in [-0.2, 0) is 64.0 Å². The van der Waals surface area contributed by atoms with Gasteiger partial charge in [0.1, 0.15) is 54.4 Å². The van der Waals surface area contributed by atoms with Crippen LogP contribution in [0.15, 0.2) is 30.3 Å². The molecule has 0 aromatic heterocycles. The Balaban J connectivity index is 1.71. The Morgan fingerprint density at radius 2 is 1.39 bits per heavy atom. The molecule has 2 saturated heterocycles. The Hall–Kier alpha value is -6.83. The third-order valence-electron chi connectivity index (χ3n) is 12.5. The first-order valence-electron chi connectivity index (χ1n) is 24.6. The Kier molecular flexibility index (Phi) is 25.2. The van der Waals surface area contributed by atoms with Crippen molar-refractivity contribution in [3.8, 4) is 0 Å². The summed E-state index contributed by atoms with van der Waals surface area (Å²) in [6.45, 7) is 6.94. The summed E-state index contributed by atoms with van der Waals surface area (Å²) in [4.78, 5) is 158. The number of aliphatic carboxylic acids is 1. The van der Waals surface area contributed by atoms with Crippen molar-refractivity contribution in [2.45, 2.75) is 147 Å². The Morgan fingerprint density at radius 1 is 0.770 bits per heavy atom. The number of carboxylic acid groups (broad SMARTS) is 1. The van der Waals surface area contributed by atoms with Gasteiger partial charge in [0.2, 0.25) is 65.0 Å². The highest BCUT2D eigenvalue weighted by atomic mass is 32.2. The maximum absolute atomic E-state index is 14.1. The van der Waals surface area contributed by atoms with Gasteiger partial charge < -0.3 is 68.7 Å². The van der Waals surface area contributed by atoms with Gasteiger partial charge in [0.25, 0.3) is 0 Å². The third-order valence-corrected chi connectivity index (χ3v) is 13.1. The average Bonchev–Trinajstić information content (AvgIpc) is 4.03. The Bertz CT molecular complexity index is 2190. The van der Waals surface area contributed by atoms with Crippen molar-refractivity contribution in [2.24, 2.45) is 17.6 Å². The molecule has 3 rings (SSSR count). The molecule has 0 unspecified atom stereocenters. The second-order valence-electron chi connectivity index (χ2n) is 18.8. The van der Waals surface area contributed by atoms with Gasteiger partial charge in [0.05, 0.1) is 19.6 Å². The predicted octanol–water partition coefficient (Wildman–Crippen LogP) is -3.17. The van der Waals surface area contributed by atoms with Crippen LogP contribution < -0.4 is 53.6 Å². The maximum atomic E-state index is 14.1. The first-order valence-corrected chi connectivity index (χ1v) is 26.0. The standard InChI is InChI=1S/C48H73N11O14S/c1-7-26(4)39(47(72)50-23-37(62)53-31(20-25(2)3)43(68)54-29(40(49)65)17-19-74-6)58-44(69)32(21-28-12-9-8-10-13-28)55-41(66)27(5)51-42(67)33(22-38(63)64)56-45(70)34(24-60)57-46(71)35-14-11-18-59(35)48(73)30-15-16-36(61)52-30/h8-10,12-13,25-27,29-35,39,60H,7,11,14-24H2,1-6H3,(H2,49,65)(H,50,72)(H,51,67)(H,52,61)(H,53,62)(H,54,68)(H,55,66)(H,56,70)(H,57,71)(H,58,69)(H,63,64)/t26-,27-,29-,30-,31-,32-,33-,34-,35-,39-/m0/s1. The van der Waals surface area contributed by atoms with E-state index in [0.717, 1.165) is 0 Å². The molecule has 11 amide bonds. The minimum Gasteiger partial charge on any atom is -0.481 e. The highest BCUT2D eigenvalue weighted by Gasteiger charge is 2.41. The number of rotatable bonds is 30. The molecule has 74 heavy (non-hydrogen) atoms. The summed E-state index contributed by atoms with van der Waals surface area (Å²) in [6.07, 6.45) is 2.63. The number of amides is 11. The minimum atomic E-state index is -1.85. The smallest absolute Gasteiger partial charge is 0.305 e. The van der Waals surface area contributed by atoms with Crippen molar-refractivity contribution in [1.82, 2.24) is 52.8 Å². The van der Waals surface area contributed by atoms with Gasteiger partial charge in [0, 0.05) is 19.4 Å². The number of aliphatic hydroxyl groups excluding tert-OH is 1. The molecule has 26 heteroatoms. The molecule has 2 heterocycles. The Labute approximate surface area is 433 Å². The van der Waals surface area contributed by atoms with Crippen molar-refractivity contribution >= 4 is 82.7 Å². The average molecular weight is 1060 g/mol. The van der Waals surface area contributed by atoms with Gasteiger partial charge in [-0.3, -0.25) is 57.5 Å².